The van der Waals surface area contributed by atoms with Crippen molar-refractivity contribution < 1.29 is 14.4 Å². The van der Waals surface area contributed by atoms with Crippen LogP contribution in [-0.4, -0.2) is 27.3 Å². The number of hydrogen-bond acceptors (Lipinski definition) is 5. The van der Waals surface area contributed by atoms with Crippen molar-refractivity contribution in [3.63, 3.8) is 0 Å². The number of aromatic nitrogens is 2. The first-order chi connectivity index (χ1) is 7.75. The van der Waals surface area contributed by atoms with Crippen LogP contribution in [0.2, 0.25) is 0 Å². The molecule has 1 saturated carbocycles. The van der Waals surface area contributed by atoms with E-state index in [0.717, 1.165) is 25.7 Å². The Bertz CT molecular complexity index is 331. The summed E-state index contributed by atoms with van der Waals surface area (Å²) in [4.78, 5) is 14.7. The highest BCUT2D eigenvalue weighted by atomic mass is 16.5. The zero-order chi connectivity index (χ0) is 11.4. The van der Waals surface area contributed by atoms with Gasteiger partial charge in [-0.15, -0.1) is 0 Å². The molecule has 88 valence electrons. The minimum Gasteiger partial charge on any atom is -0.481 e. The van der Waals surface area contributed by atoms with E-state index >= 15 is 0 Å². The molecule has 0 atom stereocenters. The molecule has 1 aromatic heterocycles. The molecule has 1 aliphatic rings. The Morgan fingerprint density at radius 2 is 2.25 bits per heavy atom. The van der Waals surface area contributed by atoms with Gasteiger partial charge in [-0.25, -0.2) is 0 Å². The van der Waals surface area contributed by atoms with Crippen LogP contribution in [0.3, 0.4) is 0 Å². The number of nitrogens with one attached hydrogen (secondary N) is 1. The second kappa shape index (κ2) is 5.07. The van der Waals surface area contributed by atoms with Crippen molar-refractivity contribution in [1.82, 2.24) is 15.5 Å². The number of rotatable bonds is 4. The van der Waals surface area contributed by atoms with Crippen LogP contribution >= 0.6 is 0 Å². The molecule has 1 heterocycles. The van der Waals surface area contributed by atoms with E-state index in [4.69, 9.17) is 5.11 Å². The smallest absolute Gasteiger partial charge is 0.306 e. The van der Waals surface area contributed by atoms with Gasteiger partial charge in [0.1, 0.15) is 0 Å². The molecule has 0 unspecified atom stereocenters. The maximum atomic E-state index is 10.8. The first kappa shape index (κ1) is 11.1. The molecular formula is C10H15N3O3. The van der Waals surface area contributed by atoms with Gasteiger partial charge in [0.25, 0.3) is 0 Å². The van der Waals surface area contributed by atoms with E-state index in [0.29, 0.717) is 18.4 Å². The van der Waals surface area contributed by atoms with E-state index in [2.05, 4.69) is 20.0 Å². The molecule has 6 nitrogen and oxygen atoms in total. The highest BCUT2D eigenvalue weighted by Gasteiger charge is 2.25. The van der Waals surface area contributed by atoms with Crippen molar-refractivity contribution >= 4 is 5.97 Å². The molecule has 6 heteroatoms. The summed E-state index contributed by atoms with van der Waals surface area (Å²) in [6.45, 7) is 0.582. The first-order valence-corrected chi connectivity index (χ1v) is 5.47. The number of carboxylic acids is 1. The molecule has 2 N–H and O–H groups in total. The van der Waals surface area contributed by atoms with Crippen LogP contribution in [0.4, 0.5) is 0 Å². The molecule has 0 amide bonds. The van der Waals surface area contributed by atoms with E-state index in [9.17, 15) is 4.79 Å². The average Bonchev–Trinajstić information content (AvgIpc) is 2.80. The van der Waals surface area contributed by atoms with Gasteiger partial charge >= 0.3 is 5.97 Å². The SMILES string of the molecule is O=C(O)C1CCC(NCc2ncon2)CC1. The highest BCUT2D eigenvalue weighted by molar-refractivity contribution is 5.70. The maximum absolute atomic E-state index is 10.8. The quantitative estimate of drug-likeness (QED) is 0.788. The van der Waals surface area contributed by atoms with Gasteiger partial charge in [-0.3, -0.25) is 4.79 Å². The average molecular weight is 225 g/mol. The van der Waals surface area contributed by atoms with Crippen molar-refractivity contribution in [2.75, 3.05) is 0 Å². The van der Waals surface area contributed by atoms with Gasteiger partial charge in [0.15, 0.2) is 5.82 Å². The van der Waals surface area contributed by atoms with Crippen molar-refractivity contribution in [3.8, 4) is 0 Å². The summed E-state index contributed by atoms with van der Waals surface area (Å²) < 4.78 is 4.62. The number of nitrogens with zero attached hydrogens (tertiary/aromatic N) is 2. The Labute approximate surface area is 93.0 Å². The second-order valence-corrected chi connectivity index (χ2v) is 4.12. The summed E-state index contributed by atoms with van der Waals surface area (Å²) in [7, 11) is 0. The molecule has 0 saturated heterocycles. The third-order valence-corrected chi connectivity index (χ3v) is 3.03. The van der Waals surface area contributed by atoms with E-state index in [1.54, 1.807) is 0 Å². The monoisotopic (exact) mass is 225 g/mol. The van der Waals surface area contributed by atoms with Crippen LogP contribution in [0.5, 0.6) is 0 Å². The lowest BCUT2D eigenvalue weighted by Crippen LogP contribution is -2.34. The number of carbonyl (C=O) groups is 1. The molecular weight excluding hydrogens is 210 g/mol. The Morgan fingerprint density at radius 1 is 1.50 bits per heavy atom. The summed E-state index contributed by atoms with van der Waals surface area (Å²) in [6, 6.07) is 0.370. The van der Waals surface area contributed by atoms with Crippen molar-refractivity contribution in [2.45, 2.75) is 38.3 Å². The molecule has 1 fully saturated rings. The topological polar surface area (TPSA) is 88.2 Å². The van der Waals surface area contributed by atoms with Gasteiger partial charge in [-0.05, 0) is 25.7 Å². The van der Waals surface area contributed by atoms with E-state index < -0.39 is 5.97 Å². The van der Waals surface area contributed by atoms with Gasteiger partial charge in [0.2, 0.25) is 6.39 Å². The van der Waals surface area contributed by atoms with E-state index in [1.165, 1.54) is 6.39 Å². The molecule has 16 heavy (non-hydrogen) atoms. The van der Waals surface area contributed by atoms with Crippen molar-refractivity contribution in [2.24, 2.45) is 5.92 Å². The summed E-state index contributed by atoms with van der Waals surface area (Å²) in [5, 5.41) is 15.9. The van der Waals surface area contributed by atoms with Gasteiger partial charge < -0.3 is 14.9 Å². The lowest BCUT2D eigenvalue weighted by molar-refractivity contribution is -0.142. The molecule has 0 aromatic carbocycles. The maximum Gasteiger partial charge on any atom is 0.306 e. The fraction of sp³-hybridized carbons (Fsp3) is 0.700. The third kappa shape index (κ3) is 2.79. The standard InChI is InChI=1S/C10H15N3O3/c14-10(15)7-1-3-8(4-2-7)11-5-9-12-6-16-13-9/h6-8,11H,1-5H2,(H,14,15). The third-order valence-electron chi connectivity index (χ3n) is 3.03. The number of hydrogen-bond donors (Lipinski definition) is 2. The van der Waals surface area contributed by atoms with Crippen LogP contribution in [0.25, 0.3) is 0 Å². The minimum atomic E-state index is -0.670. The van der Waals surface area contributed by atoms with Gasteiger partial charge in [0.05, 0.1) is 12.5 Å². The highest BCUT2D eigenvalue weighted by Crippen LogP contribution is 2.24. The molecule has 0 bridgehead atoms. The van der Waals surface area contributed by atoms with Crippen LogP contribution < -0.4 is 5.32 Å². The Balaban J connectivity index is 1.71. The summed E-state index contributed by atoms with van der Waals surface area (Å²) in [6.07, 6.45) is 4.60. The van der Waals surface area contributed by atoms with Crippen molar-refractivity contribution in [3.05, 3.63) is 12.2 Å². The number of carboxylic acid groups (broad SMARTS) is 1. The molecule has 0 radical (unpaired) electrons. The lowest BCUT2D eigenvalue weighted by Gasteiger charge is -2.26. The molecule has 1 aliphatic carbocycles. The van der Waals surface area contributed by atoms with Crippen LogP contribution in [-0.2, 0) is 11.3 Å². The zero-order valence-electron chi connectivity index (χ0n) is 8.93. The Kier molecular flexibility index (Phi) is 3.51. The summed E-state index contributed by atoms with van der Waals surface area (Å²) in [5.41, 5.74) is 0. The van der Waals surface area contributed by atoms with E-state index in [1.807, 2.05) is 0 Å². The van der Waals surface area contributed by atoms with Gasteiger partial charge in [-0.2, -0.15) is 4.98 Å². The fourth-order valence-electron chi connectivity index (χ4n) is 2.05. The van der Waals surface area contributed by atoms with Gasteiger partial charge in [0, 0.05) is 6.04 Å². The minimum absolute atomic E-state index is 0.164. The van der Waals surface area contributed by atoms with Crippen molar-refractivity contribution in [1.29, 1.82) is 0 Å². The molecule has 1 aromatic rings. The Morgan fingerprint density at radius 3 is 2.81 bits per heavy atom. The second-order valence-electron chi connectivity index (χ2n) is 4.12. The summed E-state index contributed by atoms with van der Waals surface area (Å²) >= 11 is 0. The van der Waals surface area contributed by atoms with Crippen LogP contribution in [0.15, 0.2) is 10.9 Å². The lowest BCUT2D eigenvalue weighted by atomic mass is 9.86. The molecule has 2 rings (SSSR count). The fourth-order valence-corrected chi connectivity index (χ4v) is 2.05. The van der Waals surface area contributed by atoms with Crippen LogP contribution in [0, 0.1) is 5.92 Å². The van der Waals surface area contributed by atoms with Gasteiger partial charge in [-0.1, -0.05) is 5.16 Å². The molecule has 0 spiro atoms. The van der Waals surface area contributed by atoms with Crippen LogP contribution in [0.1, 0.15) is 31.5 Å². The first-order valence-electron chi connectivity index (χ1n) is 5.47. The number of aliphatic carboxylic acids is 1. The predicted octanol–water partition coefficient (Wildman–Crippen LogP) is 0.803. The predicted molar refractivity (Wildman–Crippen MR) is 54.5 cm³/mol. The summed E-state index contributed by atoms with van der Waals surface area (Å²) in [5.74, 6) is -0.194. The molecule has 0 aliphatic heterocycles. The Hall–Kier alpha value is -1.43. The van der Waals surface area contributed by atoms with E-state index in [-0.39, 0.29) is 5.92 Å². The largest absolute Gasteiger partial charge is 0.481 e. The normalized spacial score (nSPS) is 25.5. The zero-order valence-corrected chi connectivity index (χ0v) is 8.93.